The van der Waals surface area contributed by atoms with E-state index in [1.807, 2.05) is 12.1 Å². The summed E-state index contributed by atoms with van der Waals surface area (Å²) < 4.78 is 10.9. The maximum atomic E-state index is 12.1. The number of hydrogen-bond donors (Lipinski definition) is 2. The number of rotatable bonds is 7. The summed E-state index contributed by atoms with van der Waals surface area (Å²) in [5, 5.41) is 7.33. The van der Waals surface area contributed by atoms with Crippen LogP contribution in [0.3, 0.4) is 0 Å². The Morgan fingerprint density at radius 3 is 2.63 bits per heavy atom. The molecule has 0 bridgehead atoms. The van der Waals surface area contributed by atoms with Crippen LogP contribution in [0.15, 0.2) is 18.5 Å². The third kappa shape index (κ3) is 4.43. The lowest BCUT2D eigenvalue weighted by atomic mass is 9.93. The number of anilines is 1. The van der Waals surface area contributed by atoms with E-state index in [4.69, 9.17) is 9.47 Å². The Bertz CT molecular complexity index is 876. The van der Waals surface area contributed by atoms with Gasteiger partial charge in [-0.1, -0.05) is 0 Å². The zero-order valence-corrected chi connectivity index (χ0v) is 17.8. The van der Waals surface area contributed by atoms with E-state index in [0.29, 0.717) is 17.4 Å². The lowest BCUT2D eigenvalue weighted by Crippen LogP contribution is -2.41. The first kappa shape index (κ1) is 20.7. The number of amides is 1. The van der Waals surface area contributed by atoms with Crippen LogP contribution in [0.2, 0.25) is 0 Å². The highest BCUT2D eigenvalue weighted by atomic mass is 16.5. The van der Waals surface area contributed by atoms with Crippen LogP contribution in [0, 0.1) is 5.92 Å². The van der Waals surface area contributed by atoms with E-state index in [1.54, 1.807) is 20.5 Å². The zero-order chi connectivity index (χ0) is 20.9. The van der Waals surface area contributed by atoms with Crippen molar-refractivity contribution in [1.82, 2.24) is 20.6 Å². The van der Waals surface area contributed by atoms with Crippen molar-refractivity contribution in [2.75, 3.05) is 45.3 Å². The van der Waals surface area contributed by atoms with Crippen molar-refractivity contribution >= 4 is 22.6 Å². The minimum absolute atomic E-state index is 0.00788. The molecule has 1 atom stereocenters. The normalized spacial score (nSPS) is 19.8. The first-order chi connectivity index (χ1) is 14.7. The van der Waals surface area contributed by atoms with E-state index in [0.717, 1.165) is 75.0 Å². The fraction of sp³-hybridized carbons (Fsp3) is 0.591. The smallest absolute Gasteiger partial charge is 0.237 e. The number of ether oxygens (including phenoxy) is 2. The molecule has 8 heteroatoms. The second-order valence-electron chi connectivity index (χ2n) is 8.08. The standard InChI is InChI=1S/C22H31N5O3/c1-29-19-12-16-18(13-20(19)30-2)25-14-26-21(16)27-10-6-15(7-11-27)5-9-24-22(28)17-4-3-8-23-17/h12-15,17,23H,3-11H2,1-2H3,(H,24,28)/t17-/m1/s1. The number of fused-ring (bicyclic) bond motifs is 1. The molecule has 1 aromatic heterocycles. The SMILES string of the molecule is COc1cc2ncnc(N3CCC(CCNC(=O)[C@H]4CCCN4)CC3)c2cc1OC. The molecule has 2 fully saturated rings. The van der Waals surface area contributed by atoms with Crippen molar-refractivity contribution in [2.45, 2.75) is 38.1 Å². The van der Waals surface area contributed by atoms with Gasteiger partial charge in [0, 0.05) is 31.1 Å². The number of nitrogens with one attached hydrogen (secondary N) is 2. The third-order valence-electron chi connectivity index (χ3n) is 6.26. The Kier molecular flexibility index (Phi) is 6.52. The summed E-state index contributed by atoms with van der Waals surface area (Å²) in [6.45, 7) is 3.61. The van der Waals surface area contributed by atoms with Gasteiger partial charge in [-0.15, -0.1) is 0 Å². The molecule has 4 rings (SSSR count). The van der Waals surface area contributed by atoms with Crippen LogP contribution in [0.1, 0.15) is 32.1 Å². The van der Waals surface area contributed by atoms with Crippen molar-refractivity contribution in [3.05, 3.63) is 18.5 Å². The summed E-state index contributed by atoms with van der Waals surface area (Å²) in [6, 6.07) is 3.87. The fourth-order valence-electron chi connectivity index (χ4n) is 4.49. The Balaban J connectivity index is 1.34. The molecule has 0 spiro atoms. The number of nitrogens with zero attached hydrogens (tertiary/aromatic N) is 3. The van der Waals surface area contributed by atoms with Gasteiger partial charge in [0.15, 0.2) is 11.5 Å². The van der Waals surface area contributed by atoms with Crippen molar-refractivity contribution in [2.24, 2.45) is 5.92 Å². The van der Waals surface area contributed by atoms with Gasteiger partial charge in [0.2, 0.25) is 5.91 Å². The van der Waals surface area contributed by atoms with Crippen LogP contribution >= 0.6 is 0 Å². The van der Waals surface area contributed by atoms with Gasteiger partial charge >= 0.3 is 0 Å². The highest BCUT2D eigenvalue weighted by Gasteiger charge is 2.24. The predicted molar refractivity (Wildman–Crippen MR) is 116 cm³/mol. The van der Waals surface area contributed by atoms with Crippen molar-refractivity contribution in [1.29, 1.82) is 0 Å². The quantitative estimate of drug-likeness (QED) is 0.719. The minimum atomic E-state index is 0.00788. The Morgan fingerprint density at radius 2 is 1.93 bits per heavy atom. The Hall–Kier alpha value is -2.61. The molecule has 30 heavy (non-hydrogen) atoms. The summed E-state index contributed by atoms with van der Waals surface area (Å²) in [5.74, 6) is 3.08. The molecule has 1 aromatic carbocycles. The third-order valence-corrected chi connectivity index (χ3v) is 6.26. The topological polar surface area (TPSA) is 88.6 Å². The number of hydrogen-bond acceptors (Lipinski definition) is 7. The molecular weight excluding hydrogens is 382 g/mol. The van der Waals surface area contributed by atoms with E-state index in [-0.39, 0.29) is 11.9 Å². The molecule has 1 amide bonds. The lowest BCUT2D eigenvalue weighted by Gasteiger charge is -2.33. The van der Waals surface area contributed by atoms with Crippen molar-refractivity contribution in [3.8, 4) is 11.5 Å². The molecule has 0 unspecified atom stereocenters. The van der Waals surface area contributed by atoms with Gasteiger partial charge < -0.3 is 25.0 Å². The summed E-state index contributed by atoms with van der Waals surface area (Å²) in [7, 11) is 3.27. The first-order valence-corrected chi connectivity index (χ1v) is 10.8. The van der Waals surface area contributed by atoms with Gasteiger partial charge in [-0.25, -0.2) is 9.97 Å². The van der Waals surface area contributed by atoms with Gasteiger partial charge in [0.1, 0.15) is 12.1 Å². The second kappa shape index (κ2) is 9.47. The maximum absolute atomic E-state index is 12.1. The van der Waals surface area contributed by atoms with E-state index in [9.17, 15) is 4.79 Å². The molecule has 2 aliphatic rings. The van der Waals surface area contributed by atoms with E-state index in [1.165, 1.54) is 0 Å². The number of methoxy groups -OCH3 is 2. The van der Waals surface area contributed by atoms with Crippen LogP contribution in [0.25, 0.3) is 10.9 Å². The summed E-state index contributed by atoms with van der Waals surface area (Å²) >= 11 is 0. The highest BCUT2D eigenvalue weighted by Crippen LogP contribution is 2.35. The number of benzene rings is 1. The van der Waals surface area contributed by atoms with Crippen LogP contribution in [0.5, 0.6) is 11.5 Å². The molecule has 2 saturated heterocycles. The van der Waals surface area contributed by atoms with Crippen LogP contribution in [-0.4, -0.2) is 62.3 Å². The average molecular weight is 414 g/mol. The van der Waals surface area contributed by atoms with Crippen molar-refractivity contribution in [3.63, 3.8) is 0 Å². The molecule has 0 radical (unpaired) electrons. The van der Waals surface area contributed by atoms with E-state index >= 15 is 0 Å². The summed E-state index contributed by atoms with van der Waals surface area (Å²) in [6.07, 6.45) is 6.87. The molecule has 2 aliphatic heterocycles. The second-order valence-corrected chi connectivity index (χ2v) is 8.08. The van der Waals surface area contributed by atoms with Crippen molar-refractivity contribution < 1.29 is 14.3 Å². The van der Waals surface area contributed by atoms with E-state index in [2.05, 4.69) is 25.5 Å². The molecular formula is C22H31N5O3. The monoisotopic (exact) mass is 413 g/mol. The Morgan fingerprint density at radius 1 is 1.17 bits per heavy atom. The van der Waals surface area contributed by atoms with Gasteiger partial charge in [0.25, 0.3) is 0 Å². The van der Waals surface area contributed by atoms with Crippen LogP contribution in [0.4, 0.5) is 5.82 Å². The summed E-state index contributed by atoms with van der Waals surface area (Å²) in [5.41, 5.74) is 0.850. The number of carbonyl (C=O) groups excluding carboxylic acids is 1. The fourth-order valence-corrected chi connectivity index (χ4v) is 4.49. The maximum Gasteiger partial charge on any atom is 0.237 e. The van der Waals surface area contributed by atoms with Gasteiger partial charge in [-0.2, -0.15) is 0 Å². The first-order valence-electron chi connectivity index (χ1n) is 10.8. The molecule has 2 N–H and O–H groups in total. The number of aromatic nitrogens is 2. The minimum Gasteiger partial charge on any atom is -0.493 e. The largest absolute Gasteiger partial charge is 0.493 e. The Labute approximate surface area is 177 Å². The zero-order valence-electron chi connectivity index (χ0n) is 17.8. The molecule has 0 aliphatic carbocycles. The van der Waals surface area contributed by atoms with E-state index < -0.39 is 0 Å². The van der Waals surface area contributed by atoms with Gasteiger partial charge in [-0.05, 0) is 50.6 Å². The molecule has 3 heterocycles. The summed E-state index contributed by atoms with van der Waals surface area (Å²) in [4.78, 5) is 23.4. The number of carbonyl (C=O) groups is 1. The predicted octanol–water partition coefficient (Wildman–Crippen LogP) is 2.12. The van der Waals surface area contributed by atoms with Crippen LogP contribution < -0.4 is 25.0 Å². The molecule has 162 valence electrons. The highest BCUT2D eigenvalue weighted by molar-refractivity contribution is 5.92. The molecule has 8 nitrogen and oxygen atoms in total. The molecule has 2 aromatic rings. The van der Waals surface area contributed by atoms with Gasteiger partial charge in [0.05, 0.1) is 25.8 Å². The van der Waals surface area contributed by atoms with Gasteiger partial charge in [-0.3, -0.25) is 4.79 Å². The average Bonchev–Trinajstić information content (AvgIpc) is 3.33. The number of piperidine rings is 1. The van der Waals surface area contributed by atoms with Crippen LogP contribution in [-0.2, 0) is 4.79 Å². The lowest BCUT2D eigenvalue weighted by molar-refractivity contribution is -0.122. The molecule has 0 saturated carbocycles.